The van der Waals surface area contributed by atoms with Gasteiger partial charge in [-0.3, -0.25) is 9.69 Å². The maximum absolute atomic E-state index is 12.5. The Morgan fingerprint density at radius 1 is 1.25 bits per heavy atom. The Labute approximate surface area is 129 Å². The lowest BCUT2D eigenvalue weighted by molar-refractivity contribution is 0.0632. The minimum Gasteiger partial charge on any atom is -0.336 e. The molecule has 1 amide bonds. The fraction of sp³-hybridized carbons (Fsp3) is 0.562. The number of amides is 1. The largest absolute Gasteiger partial charge is 0.336 e. The molecule has 1 aromatic carbocycles. The number of benzene rings is 1. The van der Waals surface area contributed by atoms with Crippen LogP contribution in [0.3, 0.4) is 0 Å². The van der Waals surface area contributed by atoms with Crippen molar-refractivity contribution in [2.45, 2.75) is 19.8 Å². The van der Waals surface area contributed by atoms with Crippen LogP contribution in [0.25, 0.3) is 0 Å². The van der Waals surface area contributed by atoms with Gasteiger partial charge in [-0.2, -0.15) is 0 Å². The number of carbonyl (C=O) groups is 1. The quantitative estimate of drug-likeness (QED) is 0.847. The number of rotatable bonds is 3. The van der Waals surface area contributed by atoms with Gasteiger partial charge in [0.05, 0.1) is 0 Å². The maximum Gasteiger partial charge on any atom is 0.253 e. The number of piperazine rings is 1. The third kappa shape index (κ3) is 3.23. The average Bonchev–Trinajstić information content (AvgIpc) is 3.26. The van der Waals surface area contributed by atoms with Crippen LogP contribution in [0, 0.1) is 12.8 Å². The summed E-state index contributed by atoms with van der Waals surface area (Å²) >= 11 is 3.50. The zero-order valence-electron chi connectivity index (χ0n) is 11.9. The van der Waals surface area contributed by atoms with E-state index in [1.807, 2.05) is 30.0 Å². The van der Waals surface area contributed by atoms with Crippen molar-refractivity contribution in [1.29, 1.82) is 0 Å². The summed E-state index contributed by atoms with van der Waals surface area (Å²) in [6.45, 7) is 7.03. The molecule has 0 radical (unpaired) electrons. The van der Waals surface area contributed by atoms with E-state index in [9.17, 15) is 4.79 Å². The summed E-state index contributed by atoms with van der Waals surface area (Å²) in [7, 11) is 0. The molecule has 0 N–H and O–H groups in total. The summed E-state index contributed by atoms with van der Waals surface area (Å²) in [5, 5.41) is 0. The van der Waals surface area contributed by atoms with Gasteiger partial charge in [0.2, 0.25) is 0 Å². The Kier molecular flexibility index (Phi) is 4.13. The van der Waals surface area contributed by atoms with Crippen LogP contribution in [0.4, 0.5) is 0 Å². The molecule has 3 nitrogen and oxygen atoms in total. The van der Waals surface area contributed by atoms with Crippen LogP contribution in [0.15, 0.2) is 22.7 Å². The van der Waals surface area contributed by atoms with Gasteiger partial charge >= 0.3 is 0 Å². The molecular formula is C16H21BrN2O. The minimum atomic E-state index is 0.164. The summed E-state index contributed by atoms with van der Waals surface area (Å²) in [5.74, 6) is 1.10. The van der Waals surface area contributed by atoms with Crippen molar-refractivity contribution in [2.75, 3.05) is 32.7 Å². The molecule has 3 rings (SSSR count). The number of aryl methyl sites for hydroxylation is 1. The van der Waals surface area contributed by atoms with Crippen LogP contribution in [0.5, 0.6) is 0 Å². The van der Waals surface area contributed by atoms with Crippen LogP contribution >= 0.6 is 15.9 Å². The highest BCUT2D eigenvalue weighted by Crippen LogP contribution is 2.30. The van der Waals surface area contributed by atoms with Gasteiger partial charge in [0.1, 0.15) is 0 Å². The summed E-state index contributed by atoms with van der Waals surface area (Å²) < 4.78 is 1.01. The number of carbonyl (C=O) groups excluding carboxylic acids is 1. The molecule has 1 aliphatic carbocycles. The molecule has 4 heteroatoms. The number of nitrogens with zero attached hydrogens (tertiary/aromatic N) is 2. The van der Waals surface area contributed by atoms with Gasteiger partial charge in [-0.05, 0) is 43.4 Å². The lowest BCUT2D eigenvalue weighted by atomic mass is 10.1. The summed E-state index contributed by atoms with van der Waals surface area (Å²) in [6.07, 6.45) is 2.80. The van der Waals surface area contributed by atoms with Crippen molar-refractivity contribution in [2.24, 2.45) is 5.92 Å². The molecule has 0 aromatic heterocycles. The van der Waals surface area contributed by atoms with Gasteiger partial charge in [0, 0.05) is 42.8 Å². The predicted molar refractivity (Wildman–Crippen MR) is 83.9 cm³/mol. The zero-order valence-corrected chi connectivity index (χ0v) is 13.5. The molecule has 20 heavy (non-hydrogen) atoms. The summed E-state index contributed by atoms with van der Waals surface area (Å²) in [5.41, 5.74) is 1.95. The monoisotopic (exact) mass is 336 g/mol. The molecule has 1 saturated carbocycles. The SMILES string of the molecule is Cc1ccc(C(=O)N2CCN(CC3CC3)CC2)cc1Br. The first kappa shape index (κ1) is 14.1. The highest BCUT2D eigenvalue weighted by atomic mass is 79.9. The van der Waals surface area contributed by atoms with Crippen molar-refractivity contribution in [1.82, 2.24) is 9.80 Å². The van der Waals surface area contributed by atoms with E-state index >= 15 is 0 Å². The van der Waals surface area contributed by atoms with Gasteiger partial charge in [-0.25, -0.2) is 0 Å². The lowest BCUT2D eigenvalue weighted by Gasteiger charge is -2.34. The maximum atomic E-state index is 12.5. The summed E-state index contributed by atoms with van der Waals surface area (Å²) in [6, 6.07) is 5.87. The van der Waals surface area contributed by atoms with Gasteiger partial charge in [0.25, 0.3) is 5.91 Å². The number of hydrogen-bond donors (Lipinski definition) is 0. The van der Waals surface area contributed by atoms with Crippen LogP contribution in [-0.4, -0.2) is 48.4 Å². The van der Waals surface area contributed by atoms with Gasteiger partial charge in [-0.1, -0.05) is 22.0 Å². The van der Waals surface area contributed by atoms with Gasteiger partial charge in [-0.15, -0.1) is 0 Å². The highest BCUT2D eigenvalue weighted by Gasteiger charge is 2.27. The average molecular weight is 337 g/mol. The fourth-order valence-electron chi connectivity index (χ4n) is 2.71. The van der Waals surface area contributed by atoms with E-state index in [1.165, 1.54) is 19.4 Å². The molecule has 108 valence electrons. The molecular weight excluding hydrogens is 316 g/mol. The molecule has 0 atom stereocenters. The van der Waals surface area contributed by atoms with E-state index in [0.29, 0.717) is 0 Å². The molecule has 1 aliphatic heterocycles. The molecule has 0 spiro atoms. The van der Waals surface area contributed by atoms with Crippen molar-refractivity contribution in [3.8, 4) is 0 Å². The van der Waals surface area contributed by atoms with Gasteiger partial charge < -0.3 is 4.90 Å². The predicted octanol–water partition coefficient (Wildman–Crippen LogP) is 2.93. The normalized spacial score (nSPS) is 20.2. The smallest absolute Gasteiger partial charge is 0.253 e. The second-order valence-electron chi connectivity index (χ2n) is 6.00. The van der Waals surface area contributed by atoms with E-state index in [2.05, 4.69) is 20.8 Å². The third-order valence-corrected chi connectivity index (χ3v) is 5.15. The van der Waals surface area contributed by atoms with E-state index in [0.717, 1.165) is 47.7 Å². The molecule has 1 saturated heterocycles. The molecule has 1 heterocycles. The molecule has 0 unspecified atom stereocenters. The van der Waals surface area contributed by atoms with E-state index in [1.54, 1.807) is 0 Å². The molecule has 1 aromatic rings. The van der Waals surface area contributed by atoms with Crippen LogP contribution in [-0.2, 0) is 0 Å². The minimum absolute atomic E-state index is 0.164. The first-order chi connectivity index (χ1) is 9.63. The van der Waals surface area contributed by atoms with Crippen molar-refractivity contribution < 1.29 is 4.79 Å². The Bertz CT molecular complexity index is 505. The number of halogens is 1. The molecule has 2 fully saturated rings. The Morgan fingerprint density at radius 2 is 1.95 bits per heavy atom. The van der Waals surface area contributed by atoms with E-state index < -0.39 is 0 Å². The van der Waals surface area contributed by atoms with Crippen molar-refractivity contribution in [3.05, 3.63) is 33.8 Å². The second-order valence-corrected chi connectivity index (χ2v) is 6.85. The lowest BCUT2D eigenvalue weighted by Crippen LogP contribution is -2.49. The Morgan fingerprint density at radius 3 is 2.55 bits per heavy atom. The standard InChI is InChI=1S/C16H21BrN2O/c1-12-2-5-14(10-15(12)17)16(20)19-8-6-18(7-9-19)11-13-3-4-13/h2,5,10,13H,3-4,6-9,11H2,1H3. The Balaban J connectivity index is 1.58. The first-order valence-corrected chi connectivity index (χ1v) is 8.20. The molecule has 2 aliphatic rings. The zero-order chi connectivity index (χ0) is 14.1. The fourth-order valence-corrected chi connectivity index (χ4v) is 3.09. The van der Waals surface area contributed by atoms with E-state index in [4.69, 9.17) is 0 Å². The van der Waals surface area contributed by atoms with Crippen LogP contribution in [0.2, 0.25) is 0 Å². The topological polar surface area (TPSA) is 23.6 Å². The van der Waals surface area contributed by atoms with Gasteiger partial charge in [0.15, 0.2) is 0 Å². The second kappa shape index (κ2) is 5.86. The van der Waals surface area contributed by atoms with Crippen molar-refractivity contribution >= 4 is 21.8 Å². The highest BCUT2D eigenvalue weighted by molar-refractivity contribution is 9.10. The Hall–Kier alpha value is -0.870. The summed E-state index contributed by atoms with van der Waals surface area (Å²) in [4.78, 5) is 17.0. The van der Waals surface area contributed by atoms with E-state index in [-0.39, 0.29) is 5.91 Å². The van der Waals surface area contributed by atoms with Crippen LogP contribution < -0.4 is 0 Å². The number of hydrogen-bond acceptors (Lipinski definition) is 2. The van der Waals surface area contributed by atoms with Crippen molar-refractivity contribution in [3.63, 3.8) is 0 Å². The van der Waals surface area contributed by atoms with Crippen LogP contribution in [0.1, 0.15) is 28.8 Å². The third-order valence-electron chi connectivity index (χ3n) is 4.29. The molecule has 0 bridgehead atoms. The first-order valence-electron chi connectivity index (χ1n) is 7.41.